The van der Waals surface area contributed by atoms with E-state index in [1.54, 1.807) is 0 Å². The summed E-state index contributed by atoms with van der Waals surface area (Å²) in [6.45, 7) is 1.12. The first-order chi connectivity index (χ1) is 20.1. The van der Waals surface area contributed by atoms with Gasteiger partial charge in [0, 0.05) is 20.6 Å². The van der Waals surface area contributed by atoms with Crippen molar-refractivity contribution in [3.8, 4) is 0 Å². The third kappa shape index (κ3) is 10.9. The van der Waals surface area contributed by atoms with E-state index in [0.717, 1.165) is 24.6 Å². The van der Waals surface area contributed by atoms with Gasteiger partial charge in [-0.2, -0.15) is 0 Å². The van der Waals surface area contributed by atoms with E-state index < -0.39 is 52.3 Å². The smallest absolute Gasteiger partial charge is 0.339 e. The highest BCUT2D eigenvalue weighted by molar-refractivity contribution is 6.33. The van der Waals surface area contributed by atoms with E-state index in [9.17, 15) is 34.5 Å². The van der Waals surface area contributed by atoms with Crippen LogP contribution >= 0.6 is 0 Å². The average Bonchev–Trinajstić information content (AvgIpc) is 2.98. The summed E-state index contributed by atoms with van der Waals surface area (Å²) in [5, 5.41) is 38.6. The van der Waals surface area contributed by atoms with Gasteiger partial charge in [0.15, 0.2) is 15.5 Å². The zero-order chi connectivity index (χ0) is 31.1. The summed E-state index contributed by atoms with van der Waals surface area (Å²) < 4.78 is 10.3. The third-order valence-corrected chi connectivity index (χ3v) is 8.47. The van der Waals surface area contributed by atoms with Gasteiger partial charge in [0.2, 0.25) is 0 Å². The van der Waals surface area contributed by atoms with Crippen LogP contribution in [0.15, 0.2) is 36.4 Å². The number of carbonyl (C=O) groups is 4. The maximum Gasteiger partial charge on any atom is 0.339 e. The molecule has 0 aromatic heterocycles. The van der Waals surface area contributed by atoms with Crippen molar-refractivity contribution in [2.24, 2.45) is 0 Å². The Morgan fingerprint density at radius 2 is 1.36 bits per heavy atom. The normalized spacial score (nSPS) is 13.0. The van der Waals surface area contributed by atoms with E-state index in [1.807, 2.05) is 0 Å². The lowest BCUT2D eigenvalue weighted by atomic mass is 9.95. The molecule has 5 N–H and O–H groups in total. The van der Waals surface area contributed by atoms with Gasteiger partial charge in [0.05, 0.1) is 28.9 Å². The number of aliphatic hydroxyl groups is 2. The van der Waals surface area contributed by atoms with Crippen molar-refractivity contribution in [2.75, 3.05) is 13.2 Å². The zero-order valence-corrected chi connectivity index (χ0v) is 26.3. The number of ether oxygens (including phenoxy) is 2. The molecule has 0 spiro atoms. The van der Waals surface area contributed by atoms with Gasteiger partial charge in [0.1, 0.15) is 19.8 Å². The van der Waals surface area contributed by atoms with Crippen molar-refractivity contribution in [1.82, 2.24) is 0 Å². The summed E-state index contributed by atoms with van der Waals surface area (Å²) in [6.07, 6.45) is 0.341. The number of carbonyl (C=O) groups excluding carboxylic acids is 3. The molecular weight excluding hydrogens is 584 g/mol. The van der Waals surface area contributed by atoms with Crippen LogP contribution in [0.5, 0.6) is 0 Å². The number of benzene rings is 2. The monoisotopic (exact) mass is 622 g/mol. The molecule has 0 saturated heterocycles. The molecule has 2 atom stereocenters. The lowest BCUT2D eigenvalue weighted by Crippen LogP contribution is -2.21. The number of aromatic carboxylic acids is 1. The molecule has 0 aliphatic rings. The number of hydrogen-bond donors (Lipinski definition) is 5. The highest BCUT2D eigenvalue weighted by Crippen LogP contribution is 2.21. The van der Waals surface area contributed by atoms with Gasteiger partial charge >= 0.3 is 17.9 Å². The number of hydrogen-bond acceptors (Lipinski definition) is 11. The maximum atomic E-state index is 13.3. The van der Waals surface area contributed by atoms with Crippen molar-refractivity contribution >= 4 is 43.0 Å². The summed E-state index contributed by atoms with van der Waals surface area (Å²) in [5.41, 5.74) is -0.730. The average molecular weight is 623 g/mol. The zero-order valence-electron chi connectivity index (χ0n) is 23.5. The molecule has 0 amide bonds. The third-order valence-electron chi connectivity index (χ3n) is 6.44. The maximum absolute atomic E-state index is 13.3. The number of rotatable bonds is 19. The Kier molecular flexibility index (Phi) is 15.3. The van der Waals surface area contributed by atoms with E-state index in [-0.39, 0.29) is 56.1 Å². The van der Waals surface area contributed by atoms with Crippen LogP contribution in [0, 0.1) is 0 Å². The highest BCUT2D eigenvalue weighted by atomic mass is 28.2. The van der Waals surface area contributed by atoms with E-state index in [0.29, 0.717) is 25.3 Å². The lowest BCUT2D eigenvalue weighted by molar-refractivity contribution is -0.253. The first-order valence-electron chi connectivity index (χ1n) is 13.7. The van der Waals surface area contributed by atoms with Crippen molar-refractivity contribution in [2.45, 2.75) is 63.1 Å². The molecule has 42 heavy (non-hydrogen) atoms. The molecular formula is C28H38O12Si2. The molecule has 0 bridgehead atoms. The highest BCUT2D eigenvalue weighted by Gasteiger charge is 2.23. The summed E-state index contributed by atoms with van der Waals surface area (Å²) in [5.74, 6) is -3.94. The Morgan fingerprint density at radius 3 is 1.90 bits per heavy atom. The standard InChI is InChI=1S/C28H38O12Si2/c1-41-10-2-4-20(29)16-39-28(35)24-13-18(8-9-22(24)26(32)33)25(31)17-6-7-19(14-40-36)23(12-17)27(34)38-15-21(30)5-3-11-42-37/h6-9,12-13,20-21,29-30,36-37H,2-5,10-11,14-16,41-42H2,1H3,(H,32,33). The van der Waals surface area contributed by atoms with Crippen LogP contribution in [0.4, 0.5) is 0 Å². The van der Waals surface area contributed by atoms with Gasteiger partial charge in [0.25, 0.3) is 0 Å². The fourth-order valence-corrected chi connectivity index (χ4v) is 5.40. The van der Waals surface area contributed by atoms with Gasteiger partial charge in [-0.1, -0.05) is 43.6 Å². The molecule has 0 saturated carbocycles. The second-order valence-corrected chi connectivity index (χ2v) is 12.6. The van der Waals surface area contributed by atoms with Crippen LogP contribution in [0.3, 0.4) is 0 Å². The Labute approximate surface area is 247 Å². The second-order valence-electron chi connectivity index (χ2n) is 9.76. The predicted molar refractivity (Wildman–Crippen MR) is 157 cm³/mol. The molecule has 0 fully saturated rings. The summed E-state index contributed by atoms with van der Waals surface area (Å²) in [6, 6.07) is 9.01. The molecule has 2 aromatic carbocycles. The van der Waals surface area contributed by atoms with Crippen molar-refractivity contribution in [1.29, 1.82) is 0 Å². The molecule has 230 valence electrons. The van der Waals surface area contributed by atoms with Crippen molar-refractivity contribution in [3.63, 3.8) is 0 Å². The first-order valence-corrected chi connectivity index (χ1v) is 17.8. The van der Waals surface area contributed by atoms with E-state index >= 15 is 0 Å². The van der Waals surface area contributed by atoms with Crippen LogP contribution in [-0.2, 0) is 21.0 Å². The number of carboxylic acids is 1. The molecule has 2 unspecified atom stereocenters. The Hall–Kier alpha value is -3.25. The van der Waals surface area contributed by atoms with Gasteiger partial charge in [-0.05, 0) is 42.6 Å². The largest absolute Gasteiger partial charge is 0.478 e. The number of carboxylic acid groups (broad SMARTS) is 1. The topological polar surface area (TPSA) is 197 Å². The van der Waals surface area contributed by atoms with Gasteiger partial charge < -0.3 is 29.6 Å². The fourth-order valence-electron chi connectivity index (χ4n) is 4.10. The predicted octanol–water partition coefficient (Wildman–Crippen LogP) is 1.33. The molecule has 0 heterocycles. The van der Waals surface area contributed by atoms with Crippen molar-refractivity contribution < 1.29 is 58.9 Å². The Morgan fingerprint density at radius 1 is 0.810 bits per heavy atom. The van der Waals surface area contributed by atoms with Crippen LogP contribution in [-0.4, -0.2) is 93.8 Å². The Balaban J connectivity index is 2.27. The van der Waals surface area contributed by atoms with Crippen LogP contribution < -0.4 is 0 Å². The molecule has 0 aliphatic heterocycles. The quantitative estimate of drug-likeness (QED) is 0.0377. The van der Waals surface area contributed by atoms with E-state index in [4.69, 9.17) is 19.5 Å². The van der Waals surface area contributed by atoms with Crippen LogP contribution in [0.2, 0.25) is 18.6 Å². The van der Waals surface area contributed by atoms with E-state index in [2.05, 4.69) is 11.4 Å². The first kappa shape index (κ1) is 35.0. The summed E-state index contributed by atoms with van der Waals surface area (Å²) in [4.78, 5) is 63.8. The lowest BCUT2D eigenvalue weighted by Gasteiger charge is -2.14. The van der Waals surface area contributed by atoms with Crippen LogP contribution in [0.25, 0.3) is 0 Å². The van der Waals surface area contributed by atoms with Gasteiger partial charge in [-0.25, -0.2) is 19.3 Å². The minimum atomic E-state index is -1.41. The van der Waals surface area contributed by atoms with Crippen LogP contribution in [0.1, 0.15) is 78.2 Å². The summed E-state index contributed by atoms with van der Waals surface area (Å²) in [7, 11) is -1.27. The summed E-state index contributed by atoms with van der Waals surface area (Å²) >= 11 is 0. The molecule has 0 radical (unpaired) electrons. The SMILES string of the molecule is C[SiH2]CCCC(O)COC(=O)c1cc(C(=O)c2ccc(COO)c(C(=O)OCC(O)CCC[SiH2]O)c2)ccc1C(=O)O. The fraction of sp³-hybridized carbons (Fsp3) is 0.429. The minimum Gasteiger partial charge on any atom is -0.478 e. The number of ketones is 1. The molecule has 2 aromatic rings. The minimum absolute atomic E-state index is 0.00520. The molecule has 14 heteroatoms. The Bertz CT molecular complexity index is 1220. The molecule has 2 rings (SSSR count). The van der Waals surface area contributed by atoms with Crippen molar-refractivity contribution in [3.05, 3.63) is 69.8 Å². The van der Waals surface area contributed by atoms with E-state index in [1.165, 1.54) is 24.3 Å². The van der Waals surface area contributed by atoms with Gasteiger partial charge in [-0.15, -0.1) is 0 Å². The second kappa shape index (κ2) is 18.3. The van der Waals surface area contributed by atoms with Gasteiger partial charge in [-0.3, -0.25) is 10.1 Å². The number of esters is 2. The number of aliphatic hydroxyl groups excluding tert-OH is 2. The molecule has 12 nitrogen and oxygen atoms in total. The molecule has 0 aliphatic carbocycles.